The van der Waals surface area contributed by atoms with Crippen molar-refractivity contribution in [3.63, 3.8) is 0 Å². The summed E-state index contributed by atoms with van der Waals surface area (Å²) in [6.45, 7) is 3.05. The van der Waals surface area contributed by atoms with Crippen molar-refractivity contribution in [1.29, 1.82) is 0 Å². The highest BCUT2D eigenvalue weighted by Gasteiger charge is 2.32. The van der Waals surface area contributed by atoms with Gasteiger partial charge in [-0.25, -0.2) is 13.2 Å². The minimum Gasteiger partial charge on any atom is -0.478 e. The molecular weight excluding hydrogens is 397 g/mol. The Bertz CT molecular complexity index is 1030. The molecule has 0 unspecified atom stereocenters. The molecule has 2 aromatic carbocycles. The highest BCUT2D eigenvalue weighted by atomic mass is 32.2. The van der Waals surface area contributed by atoms with Gasteiger partial charge in [0.1, 0.15) is 0 Å². The van der Waals surface area contributed by atoms with Crippen molar-refractivity contribution in [2.45, 2.75) is 24.9 Å². The fourth-order valence-corrected chi connectivity index (χ4v) is 4.02. The van der Waals surface area contributed by atoms with Crippen LogP contribution in [0.15, 0.2) is 35.2 Å². The monoisotopic (exact) mass is 416 g/mol. The van der Waals surface area contributed by atoms with Crippen LogP contribution in [0.1, 0.15) is 27.0 Å². The van der Waals surface area contributed by atoms with Crippen LogP contribution in [0, 0.1) is 13.8 Å². The summed E-state index contributed by atoms with van der Waals surface area (Å²) in [5.41, 5.74) is -0.561. The van der Waals surface area contributed by atoms with Crippen LogP contribution in [0.3, 0.4) is 0 Å². The van der Waals surface area contributed by atoms with E-state index in [1.807, 2.05) is 0 Å². The molecule has 2 aromatic rings. The maximum absolute atomic E-state index is 13.1. The van der Waals surface area contributed by atoms with E-state index in [1.165, 1.54) is 17.9 Å². The Morgan fingerprint density at radius 1 is 1.11 bits per heavy atom. The highest BCUT2D eigenvalue weighted by molar-refractivity contribution is 7.92. The topological polar surface area (TPSA) is 86.7 Å². The zero-order valence-electron chi connectivity index (χ0n) is 15.5. The molecule has 0 fully saturated rings. The molecule has 2 rings (SSSR count). The lowest BCUT2D eigenvalue weighted by Gasteiger charge is -2.21. The Hall–Kier alpha value is -2.75. The number of carboxylic acids is 1. The van der Waals surface area contributed by atoms with E-state index in [2.05, 4.69) is 4.72 Å². The second-order valence-electron chi connectivity index (χ2n) is 6.45. The average Bonchev–Trinajstić information content (AvgIpc) is 2.55. The third-order valence-corrected chi connectivity index (χ3v) is 5.70. The summed E-state index contributed by atoms with van der Waals surface area (Å²) in [4.78, 5) is 12.4. The molecule has 0 aromatic heterocycles. The van der Waals surface area contributed by atoms with Gasteiger partial charge in [-0.05, 0) is 55.3 Å². The first-order valence-corrected chi connectivity index (χ1v) is 9.48. The van der Waals surface area contributed by atoms with Gasteiger partial charge >= 0.3 is 12.1 Å². The lowest BCUT2D eigenvalue weighted by Crippen LogP contribution is -2.20. The number of hydrogen-bond donors (Lipinski definition) is 2. The van der Waals surface area contributed by atoms with Crippen LogP contribution in [0.5, 0.6) is 0 Å². The Labute approximate surface area is 160 Å². The number of carbonyl (C=O) groups is 1. The van der Waals surface area contributed by atoms with Crippen molar-refractivity contribution in [1.82, 2.24) is 0 Å². The van der Waals surface area contributed by atoms with E-state index in [1.54, 1.807) is 21.0 Å². The third-order valence-electron chi connectivity index (χ3n) is 4.21. The van der Waals surface area contributed by atoms with Gasteiger partial charge in [0.2, 0.25) is 0 Å². The minimum absolute atomic E-state index is 0.223. The first-order chi connectivity index (χ1) is 12.7. The summed E-state index contributed by atoms with van der Waals surface area (Å²) in [7, 11) is -1.24. The highest BCUT2D eigenvalue weighted by Crippen LogP contribution is 2.36. The van der Waals surface area contributed by atoms with Gasteiger partial charge in [-0.15, -0.1) is 0 Å². The minimum atomic E-state index is -4.65. The van der Waals surface area contributed by atoms with Crippen molar-refractivity contribution in [3.8, 4) is 0 Å². The van der Waals surface area contributed by atoms with Gasteiger partial charge in [0.25, 0.3) is 10.0 Å². The SMILES string of the molecule is Cc1cc(C(=O)O)cc(S(=O)(=O)Nc2cc(C(F)(F)F)ccc2N(C)C)c1C. The number of aryl methyl sites for hydroxylation is 1. The first-order valence-electron chi connectivity index (χ1n) is 8.00. The molecule has 152 valence electrons. The van der Waals surface area contributed by atoms with Gasteiger partial charge in [-0.1, -0.05) is 0 Å². The zero-order chi connectivity index (χ0) is 21.4. The second-order valence-corrected chi connectivity index (χ2v) is 8.10. The Kier molecular flexibility index (Phi) is 5.65. The Balaban J connectivity index is 2.63. The molecule has 0 saturated carbocycles. The number of rotatable bonds is 5. The summed E-state index contributed by atoms with van der Waals surface area (Å²) in [5.74, 6) is -1.31. The summed E-state index contributed by atoms with van der Waals surface area (Å²) >= 11 is 0. The smallest absolute Gasteiger partial charge is 0.416 e. The van der Waals surface area contributed by atoms with Gasteiger partial charge in [0.15, 0.2) is 0 Å². The van der Waals surface area contributed by atoms with Crippen LogP contribution in [-0.2, 0) is 16.2 Å². The fraction of sp³-hybridized carbons (Fsp3) is 0.278. The molecule has 0 radical (unpaired) electrons. The standard InChI is InChI=1S/C18H19F3N2O4S/c1-10-7-12(17(24)25)8-16(11(10)2)28(26,27)22-14-9-13(18(19,20)21)5-6-15(14)23(3)4/h5-9,22H,1-4H3,(H,24,25). The van der Waals surface area contributed by atoms with E-state index in [0.29, 0.717) is 17.2 Å². The largest absolute Gasteiger partial charge is 0.478 e. The number of benzene rings is 2. The molecule has 0 bridgehead atoms. The van der Waals surface area contributed by atoms with Crippen molar-refractivity contribution in [2.75, 3.05) is 23.7 Å². The van der Waals surface area contributed by atoms with E-state index >= 15 is 0 Å². The van der Waals surface area contributed by atoms with Crippen molar-refractivity contribution in [3.05, 3.63) is 52.6 Å². The number of hydrogen-bond acceptors (Lipinski definition) is 4. The molecule has 0 atom stereocenters. The Morgan fingerprint density at radius 3 is 2.21 bits per heavy atom. The Morgan fingerprint density at radius 2 is 1.71 bits per heavy atom. The van der Waals surface area contributed by atoms with Crippen LogP contribution in [-0.4, -0.2) is 33.6 Å². The first kappa shape index (κ1) is 21.5. The van der Waals surface area contributed by atoms with E-state index in [0.717, 1.165) is 18.2 Å². The molecule has 6 nitrogen and oxygen atoms in total. The predicted molar refractivity (Wildman–Crippen MR) is 99.5 cm³/mol. The van der Waals surface area contributed by atoms with Crippen molar-refractivity contribution >= 4 is 27.4 Å². The van der Waals surface area contributed by atoms with E-state index < -0.39 is 27.7 Å². The molecule has 0 saturated heterocycles. The van der Waals surface area contributed by atoms with Crippen LogP contribution in [0.2, 0.25) is 0 Å². The summed E-state index contributed by atoms with van der Waals surface area (Å²) in [6.07, 6.45) is -4.65. The number of sulfonamides is 1. The van der Waals surface area contributed by atoms with Gasteiger partial charge in [0.05, 0.1) is 27.4 Å². The molecule has 0 spiro atoms. The summed E-state index contributed by atoms with van der Waals surface area (Å²) in [6, 6.07) is 5.03. The molecule has 0 aliphatic carbocycles. The number of carboxylic acid groups (broad SMARTS) is 1. The van der Waals surface area contributed by atoms with Crippen LogP contribution in [0.25, 0.3) is 0 Å². The van der Waals surface area contributed by atoms with Crippen molar-refractivity contribution in [2.24, 2.45) is 0 Å². The normalized spacial score (nSPS) is 12.0. The number of nitrogens with zero attached hydrogens (tertiary/aromatic N) is 1. The van der Waals surface area contributed by atoms with Gasteiger partial charge in [0, 0.05) is 14.1 Å². The van der Waals surface area contributed by atoms with Crippen LogP contribution < -0.4 is 9.62 Å². The predicted octanol–water partition coefficient (Wildman–Crippen LogP) is 3.89. The van der Waals surface area contributed by atoms with Crippen LogP contribution in [0.4, 0.5) is 24.5 Å². The molecule has 0 aliphatic heterocycles. The number of alkyl halides is 3. The molecule has 0 amide bonds. The number of nitrogens with one attached hydrogen (secondary N) is 1. The fourth-order valence-electron chi connectivity index (χ4n) is 2.61. The van der Waals surface area contributed by atoms with Gasteiger partial charge < -0.3 is 10.0 Å². The molecule has 10 heteroatoms. The van der Waals surface area contributed by atoms with Crippen LogP contribution >= 0.6 is 0 Å². The van der Waals surface area contributed by atoms with Crippen molar-refractivity contribution < 1.29 is 31.5 Å². The number of anilines is 2. The van der Waals surface area contributed by atoms with Gasteiger partial charge in [-0.2, -0.15) is 13.2 Å². The average molecular weight is 416 g/mol. The lowest BCUT2D eigenvalue weighted by atomic mass is 10.1. The zero-order valence-corrected chi connectivity index (χ0v) is 16.4. The van der Waals surface area contributed by atoms with E-state index in [9.17, 15) is 31.5 Å². The summed E-state index contributed by atoms with van der Waals surface area (Å²) in [5, 5.41) is 9.18. The van der Waals surface area contributed by atoms with E-state index in [-0.39, 0.29) is 21.8 Å². The van der Waals surface area contributed by atoms with E-state index in [4.69, 9.17) is 0 Å². The lowest BCUT2D eigenvalue weighted by molar-refractivity contribution is -0.137. The molecule has 0 heterocycles. The second kappa shape index (κ2) is 7.34. The quantitative estimate of drug-likeness (QED) is 0.772. The molecule has 0 aliphatic rings. The third kappa shape index (κ3) is 4.38. The maximum Gasteiger partial charge on any atom is 0.416 e. The molecular formula is C18H19F3N2O4S. The summed E-state index contributed by atoms with van der Waals surface area (Å²) < 4.78 is 67.1. The maximum atomic E-state index is 13.1. The van der Waals surface area contributed by atoms with Gasteiger partial charge in [-0.3, -0.25) is 4.72 Å². The number of aromatic carboxylic acids is 1. The number of halogens is 3. The molecule has 28 heavy (non-hydrogen) atoms. The molecule has 2 N–H and O–H groups in total.